The molecule has 0 saturated carbocycles. The molecule has 2 aromatic rings. The molecule has 1 N–H and O–H groups in total. The number of ether oxygens (including phenoxy) is 1. The van der Waals surface area contributed by atoms with Gasteiger partial charge in [-0.25, -0.2) is 8.42 Å². The van der Waals surface area contributed by atoms with Crippen molar-refractivity contribution >= 4 is 21.6 Å². The van der Waals surface area contributed by atoms with Crippen molar-refractivity contribution in [2.24, 2.45) is 0 Å². The predicted octanol–water partition coefficient (Wildman–Crippen LogP) is 2.72. The van der Waals surface area contributed by atoms with E-state index in [4.69, 9.17) is 4.74 Å². The van der Waals surface area contributed by atoms with E-state index in [0.29, 0.717) is 19.6 Å². The van der Waals surface area contributed by atoms with E-state index in [0.717, 1.165) is 11.3 Å². The quantitative estimate of drug-likeness (QED) is 0.676. The minimum Gasteiger partial charge on any atom is -0.495 e. The minimum atomic E-state index is -3.76. The monoisotopic (exact) mass is 419 g/mol. The fourth-order valence-corrected chi connectivity index (χ4v) is 4.56. The van der Waals surface area contributed by atoms with Crippen molar-refractivity contribution in [3.8, 4) is 5.75 Å². The fraction of sp³-hybridized carbons (Fsp3) is 0.381. The molecular formula is C21H29N3O4S. The Morgan fingerprint density at radius 2 is 1.66 bits per heavy atom. The van der Waals surface area contributed by atoms with Crippen LogP contribution in [-0.4, -0.2) is 52.9 Å². The van der Waals surface area contributed by atoms with Gasteiger partial charge in [0.25, 0.3) is 5.91 Å². The molecular weight excluding hydrogens is 390 g/mol. The van der Waals surface area contributed by atoms with Crippen LogP contribution in [0.5, 0.6) is 5.75 Å². The highest BCUT2D eigenvalue weighted by Crippen LogP contribution is 2.28. The van der Waals surface area contributed by atoms with Crippen LogP contribution in [0.4, 0.5) is 5.69 Å². The zero-order valence-electron chi connectivity index (χ0n) is 17.6. The molecule has 0 aliphatic heterocycles. The highest BCUT2D eigenvalue weighted by molar-refractivity contribution is 7.89. The van der Waals surface area contributed by atoms with Gasteiger partial charge in [0.1, 0.15) is 10.6 Å². The van der Waals surface area contributed by atoms with Crippen LogP contribution >= 0.6 is 0 Å². The molecule has 2 aromatic carbocycles. The summed E-state index contributed by atoms with van der Waals surface area (Å²) in [7, 11) is 1.58. The highest BCUT2D eigenvalue weighted by Gasteiger charge is 2.26. The van der Waals surface area contributed by atoms with Crippen LogP contribution in [0.2, 0.25) is 0 Å². The lowest BCUT2D eigenvalue weighted by atomic mass is 10.1. The molecule has 0 saturated heterocycles. The molecule has 29 heavy (non-hydrogen) atoms. The van der Waals surface area contributed by atoms with E-state index in [1.165, 1.54) is 23.5 Å². The Morgan fingerprint density at radius 1 is 1.03 bits per heavy atom. The zero-order chi connectivity index (χ0) is 21.6. The van der Waals surface area contributed by atoms with Gasteiger partial charge in [0.2, 0.25) is 10.0 Å². The lowest BCUT2D eigenvalue weighted by molar-refractivity contribution is 0.0950. The molecule has 0 aromatic heterocycles. The van der Waals surface area contributed by atoms with Crippen LogP contribution < -0.4 is 15.0 Å². The number of anilines is 1. The van der Waals surface area contributed by atoms with Crippen molar-refractivity contribution in [1.29, 1.82) is 0 Å². The van der Waals surface area contributed by atoms with Crippen LogP contribution in [-0.2, 0) is 16.6 Å². The number of carbonyl (C=O) groups excluding carboxylic acids is 1. The van der Waals surface area contributed by atoms with E-state index in [1.54, 1.807) is 19.9 Å². The third kappa shape index (κ3) is 5.27. The summed E-state index contributed by atoms with van der Waals surface area (Å²) in [5.74, 6) is -0.131. The smallest absolute Gasteiger partial charge is 0.251 e. The molecule has 0 bridgehead atoms. The molecule has 0 aliphatic carbocycles. The van der Waals surface area contributed by atoms with Crippen LogP contribution in [0.3, 0.4) is 0 Å². The van der Waals surface area contributed by atoms with E-state index in [1.807, 2.05) is 43.3 Å². The molecule has 0 unspecified atom stereocenters. The number of amides is 1. The van der Waals surface area contributed by atoms with E-state index >= 15 is 0 Å². The molecule has 0 radical (unpaired) electrons. The summed E-state index contributed by atoms with van der Waals surface area (Å²) in [6.07, 6.45) is 0. The summed E-state index contributed by atoms with van der Waals surface area (Å²) < 4.78 is 32.4. The average molecular weight is 420 g/mol. The summed E-state index contributed by atoms with van der Waals surface area (Å²) >= 11 is 0. The first kappa shape index (κ1) is 22.7. The highest BCUT2D eigenvalue weighted by atomic mass is 32.2. The van der Waals surface area contributed by atoms with Gasteiger partial charge >= 0.3 is 0 Å². The third-order valence-corrected chi connectivity index (χ3v) is 6.73. The zero-order valence-corrected chi connectivity index (χ0v) is 18.4. The lowest BCUT2D eigenvalue weighted by Gasteiger charge is -2.20. The second-order valence-electron chi connectivity index (χ2n) is 6.70. The predicted molar refractivity (Wildman–Crippen MR) is 115 cm³/mol. The van der Waals surface area contributed by atoms with Crippen LogP contribution in [0, 0.1) is 0 Å². The first-order chi connectivity index (χ1) is 13.7. The molecule has 0 fully saturated rings. The van der Waals surface area contributed by atoms with Gasteiger partial charge in [0.15, 0.2) is 0 Å². The second-order valence-corrected chi connectivity index (χ2v) is 8.60. The van der Waals surface area contributed by atoms with Crippen LogP contribution in [0.25, 0.3) is 0 Å². The topological polar surface area (TPSA) is 79.0 Å². The summed E-state index contributed by atoms with van der Waals surface area (Å²) in [5, 5.41) is 2.84. The Labute approximate surface area is 173 Å². The number of hydrogen-bond donors (Lipinski definition) is 1. The number of nitrogens with one attached hydrogen (secondary N) is 1. The van der Waals surface area contributed by atoms with Gasteiger partial charge in [-0.15, -0.1) is 0 Å². The van der Waals surface area contributed by atoms with Gasteiger partial charge in [-0.1, -0.05) is 26.0 Å². The van der Waals surface area contributed by atoms with Crippen molar-refractivity contribution in [3.05, 3.63) is 53.6 Å². The number of benzene rings is 2. The first-order valence-electron chi connectivity index (χ1n) is 9.47. The number of rotatable bonds is 9. The number of hydrogen-bond acceptors (Lipinski definition) is 5. The normalized spacial score (nSPS) is 11.4. The molecule has 8 heteroatoms. The van der Waals surface area contributed by atoms with Crippen molar-refractivity contribution in [2.75, 3.05) is 39.2 Å². The minimum absolute atomic E-state index is 0.00770. The molecule has 7 nitrogen and oxygen atoms in total. The number of sulfonamides is 1. The second kappa shape index (κ2) is 9.76. The Morgan fingerprint density at radius 3 is 2.17 bits per heavy atom. The van der Waals surface area contributed by atoms with Gasteiger partial charge in [-0.05, 0) is 35.9 Å². The van der Waals surface area contributed by atoms with Gasteiger partial charge in [0, 0.05) is 45.0 Å². The molecule has 2 rings (SSSR count). The van der Waals surface area contributed by atoms with Gasteiger partial charge in [-0.3, -0.25) is 4.79 Å². The number of carbonyl (C=O) groups is 1. The van der Waals surface area contributed by atoms with Crippen molar-refractivity contribution in [2.45, 2.75) is 25.3 Å². The average Bonchev–Trinajstić information content (AvgIpc) is 2.72. The maximum absolute atomic E-state index is 12.9. The summed E-state index contributed by atoms with van der Waals surface area (Å²) in [6.45, 7) is 4.55. The van der Waals surface area contributed by atoms with E-state index in [2.05, 4.69) is 5.32 Å². The third-order valence-electron chi connectivity index (χ3n) is 4.65. The molecule has 0 atom stereocenters. The summed E-state index contributed by atoms with van der Waals surface area (Å²) in [6, 6.07) is 12.3. The van der Waals surface area contributed by atoms with Crippen molar-refractivity contribution in [3.63, 3.8) is 0 Å². The summed E-state index contributed by atoms with van der Waals surface area (Å²) in [4.78, 5) is 14.6. The first-order valence-corrected chi connectivity index (χ1v) is 10.9. The Bertz CT molecular complexity index is 937. The van der Waals surface area contributed by atoms with Gasteiger partial charge < -0.3 is 15.0 Å². The lowest BCUT2D eigenvalue weighted by Crippen LogP contribution is -2.31. The Hall–Kier alpha value is -2.58. The largest absolute Gasteiger partial charge is 0.495 e. The molecule has 1 amide bonds. The maximum atomic E-state index is 12.9. The van der Waals surface area contributed by atoms with E-state index < -0.39 is 10.0 Å². The molecule has 0 spiro atoms. The van der Waals surface area contributed by atoms with Crippen LogP contribution in [0.15, 0.2) is 47.4 Å². The maximum Gasteiger partial charge on any atom is 0.251 e. The van der Waals surface area contributed by atoms with Gasteiger partial charge in [-0.2, -0.15) is 4.31 Å². The van der Waals surface area contributed by atoms with E-state index in [9.17, 15) is 13.2 Å². The van der Waals surface area contributed by atoms with Crippen LogP contribution in [0.1, 0.15) is 29.8 Å². The standard InChI is InChI=1S/C21H29N3O4S/c1-6-24(7-2)29(26,27)20-14-17(10-13-19(20)28-5)21(25)22-15-16-8-11-18(12-9-16)23(3)4/h8-14H,6-7,15H2,1-5H3,(H,22,25). The Kier molecular flexibility index (Phi) is 7.64. The summed E-state index contributed by atoms with van der Waals surface area (Å²) in [5.41, 5.74) is 2.29. The molecule has 158 valence electrons. The van der Waals surface area contributed by atoms with E-state index in [-0.39, 0.29) is 22.1 Å². The molecule has 0 heterocycles. The Balaban J connectivity index is 2.23. The van der Waals surface area contributed by atoms with Crippen molar-refractivity contribution in [1.82, 2.24) is 9.62 Å². The van der Waals surface area contributed by atoms with Gasteiger partial charge in [0.05, 0.1) is 7.11 Å². The van der Waals surface area contributed by atoms with Crippen molar-refractivity contribution < 1.29 is 17.9 Å². The fourth-order valence-electron chi connectivity index (χ4n) is 2.92. The number of methoxy groups -OCH3 is 1. The molecule has 0 aliphatic rings. The SMILES string of the molecule is CCN(CC)S(=O)(=O)c1cc(C(=O)NCc2ccc(N(C)C)cc2)ccc1OC. The number of nitrogens with zero attached hydrogens (tertiary/aromatic N) is 2.